The molecule has 0 aliphatic carbocycles. The van der Waals surface area contributed by atoms with Gasteiger partial charge in [0.05, 0.1) is 0 Å². The van der Waals surface area contributed by atoms with Crippen molar-refractivity contribution in [3.63, 3.8) is 0 Å². The van der Waals surface area contributed by atoms with Gasteiger partial charge >= 0.3 is 11.8 Å². The van der Waals surface area contributed by atoms with Gasteiger partial charge in [-0.15, -0.1) is 0 Å². The lowest BCUT2D eigenvalue weighted by Gasteiger charge is -2.29. The number of piperazine rings is 1. The van der Waals surface area contributed by atoms with E-state index in [1.54, 1.807) is 0 Å². The lowest BCUT2D eigenvalue weighted by molar-refractivity contribution is -0.153. The Balaban J connectivity index is 2.70. The molecule has 1 rings (SSSR count). The monoisotopic (exact) mass is 271 g/mol. The number of nitrogens with zero attached hydrogens (tertiary/aromatic N) is 2. The summed E-state index contributed by atoms with van der Waals surface area (Å²) in [6, 6.07) is 0. The average molecular weight is 271 g/mol. The predicted molar refractivity (Wildman–Crippen MR) is 64.4 cm³/mol. The van der Waals surface area contributed by atoms with Gasteiger partial charge in [-0.2, -0.15) is 0 Å². The summed E-state index contributed by atoms with van der Waals surface area (Å²) in [6.45, 7) is 0.936. The molecule has 0 unspecified atom stereocenters. The number of carbonyl (C=O) groups is 4. The smallest absolute Gasteiger partial charge is 0.313 e. The molecule has 0 radical (unpaired) electrons. The molecule has 0 atom stereocenters. The number of hydrogen-bond acceptors (Lipinski definition) is 5. The molecule has 4 amide bonds. The maximum absolute atomic E-state index is 11.9. The number of nitrogens with two attached hydrogens (primary N) is 2. The molecule has 19 heavy (non-hydrogen) atoms. The third kappa shape index (κ3) is 4.54. The Labute approximate surface area is 109 Å². The third-order valence-corrected chi connectivity index (χ3v) is 2.57. The summed E-state index contributed by atoms with van der Waals surface area (Å²) in [5.74, 6) is -3.34. The first-order chi connectivity index (χ1) is 8.91. The van der Waals surface area contributed by atoms with E-state index < -0.39 is 36.7 Å². The van der Waals surface area contributed by atoms with Gasteiger partial charge in [0.1, 0.15) is 13.1 Å². The molecule has 9 heteroatoms. The molecule has 0 aromatic rings. The minimum atomic E-state index is -0.945. The highest BCUT2D eigenvalue weighted by Crippen LogP contribution is 1.99. The Morgan fingerprint density at radius 1 is 1.00 bits per heavy atom. The zero-order chi connectivity index (χ0) is 14.4. The molecule has 1 aliphatic heterocycles. The maximum atomic E-state index is 11.9. The molecule has 0 spiro atoms. The molecule has 1 aliphatic rings. The van der Waals surface area contributed by atoms with Crippen LogP contribution >= 0.6 is 0 Å². The van der Waals surface area contributed by atoms with Gasteiger partial charge in [0.25, 0.3) is 0 Å². The Bertz CT molecular complexity index is 375. The first-order valence-electron chi connectivity index (χ1n) is 5.77. The van der Waals surface area contributed by atoms with Crippen molar-refractivity contribution in [2.24, 2.45) is 11.5 Å². The lowest BCUT2D eigenvalue weighted by Crippen LogP contribution is -2.54. The quantitative estimate of drug-likeness (QED) is 0.450. The highest BCUT2D eigenvalue weighted by Gasteiger charge is 2.29. The van der Waals surface area contributed by atoms with Crippen LogP contribution in [0.2, 0.25) is 0 Å². The van der Waals surface area contributed by atoms with Gasteiger partial charge < -0.3 is 26.6 Å². The summed E-state index contributed by atoms with van der Waals surface area (Å²) in [5, 5.41) is 3.04. The van der Waals surface area contributed by atoms with Crippen LogP contribution in [0.4, 0.5) is 0 Å². The van der Waals surface area contributed by atoms with Crippen LogP contribution < -0.4 is 16.8 Å². The van der Waals surface area contributed by atoms with E-state index in [1.165, 1.54) is 4.90 Å². The van der Waals surface area contributed by atoms with Crippen LogP contribution in [0.15, 0.2) is 0 Å². The van der Waals surface area contributed by atoms with E-state index >= 15 is 0 Å². The molecular formula is C10H17N5O4. The van der Waals surface area contributed by atoms with Gasteiger partial charge in [0, 0.05) is 26.2 Å². The summed E-state index contributed by atoms with van der Waals surface area (Å²) in [6.07, 6.45) is 0. The van der Waals surface area contributed by atoms with Gasteiger partial charge in [-0.1, -0.05) is 0 Å². The molecule has 0 aromatic carbocycles. The molecule has 0 aromatic heterocycles. The molecule has 9 nitrogen and oxygen atoms in total. The van der Waals surface area contributed by atoms with E-state index in [4.69, 9.17) is 11.5 Å². The van der Waals surface area contributed by atoms with Crippen molar-refractivity contribution in [3.05, 3.63) is 0 Å². The van der Waals surface area contributed by atoms with Crippen molar-refractivity contribution in [2.45, 2.75) is 0 Å². The Morgan fingerprint density at radius 2 is 1.47 bits per heavy atom. The number of hydrogen-bond donors (Lipinski definition) is 3. The summed E-state index contributed by atoms with van der Waals surface area (Å²) >= 11 is 0. The second-order valence-electron chi connectivity index (χ2n) is 4.14. The zero-order valence-corrected chi connectivity index (χ0v) is 10.4. The van der Waals surface area contributed by atoms with Crippen molar-refractivity contribution in [1.29, 1.82) is 0 Å². The Kier molecular flexibility index (Phi) is 5.24. The number of rotatable bonds is 4. The van der Waals surface area contributed by atoms with E-state index in [1.807, 2.05) is 0 Å². The third-order valence-electron chi connectivity index (χ3n) is 2.57. The largest absolute Gasteiger partial charge is 0.368 e. The zero-order valence-electron chi connectivity index (χ0n) is 10.4. The Hall–Kier alpha value is -2.16. The van der Waals surface area contributed by atoms with Gasteiger partial charge in [0.15, 0.2) is 0 Å². The van der Waals surface area contributed by atoms with E-state index in [0.29, 0.717) is 26.2 Å². The van der Waals surface area contributed by atoms with Crippen LogP contribution in [0.25, 0.3) is 0 Å². The molecule has 1 saturated heterocycles. The molecular weight excluding hydrogens is 254 g/mol. The summed E-state index contributed by atoms with van der Waals surface area (Å²) in [7, 11) is 0. The van der Waals surface area contributed by atoms with E-state index in [0.717, 1.165) is 4.90 Å². The van der Waals surface area contributed by atoms with Gasteiger partial charge in [0.2, 0.25) is 11.8 Å². The van der Waals surface area contributed by atoms with Crippen LogP contribution in [0.3, 0.4) is 0 Å². The van der Waals surface area contributed by atoms with Crippen LogP contribution in [0, 0.1) is 0 Å². The number of amides is 4. The van der Waals surface area contributed by atoms with Crippen LogP contribution in [0.5, 0.6) is 0 Å². The minimum absolute atomic E-state index is 0.394. The van der Waals surface area contributed by atoms with E-state index in [-0.39, 0.29) is 0 Å². The normalized spacial score (nSPS) is 14.8. The highest BCUT2D eigenvalue weighted by atomic mass is 16.2. The Morgan fingerprint density at radius 3 is 1.89 bits per heavy atom. The van der Waals surface area contributed by atoms with Crippen LogP contribution in [-0.4, -0.2) is 72.7 Å². The first-order valence-corrected chi connectivity index (χ1v) is 5.77. The molecule has 0 saturated carbocycles. The minimum Gasteiger partial charge on any atom is -0.368 e. The van der Waals surface area contributed by atoms with Crippen molar-refractivity contribution in [1.82, 2.24) is 15.1 Å². The van der Waals surface area contributed by atoms with Gasteiger partial charge in [-0.25, -0.2) is 0 Å². The fraction of sp³-hybridized carbons (Fsp3) is 0.600. The maximum Gasteiger partial charge on any atom is 0.313 e. The number of primary amides is 2. The summed E-state index contributed by atoms with van der Waals surface area (Å²) in [5.41, 5.74) is 9.93. The number of nitrogens with one attached hydrogen (secondary N) is 1. The topological polar surface area (TPSA) is 139 Å². The summed E-state index contributed by atoms with van der Waals surface area (Å²) in [4.78, 5) is 47.6. The first kappa shape index (κ1) is 14.9. The lowest BCUT2D eigenvalue weighted by atomic mass is 10.3. The second-order valence-corrected chi connectivity index (χ2v) is 4.14. The predicted octanol–water partition coefficient (Wildman–Crippen LogP) is -3.78. The van der Waals surface area contributed by atoms with Gasteiger partial charge in [-0.3, -0.25) is 19.2 Å². The molecule has 1 heterocycles. The standard InChI is InChI=1S/C10H17N5O4/c11-7(16)5-15(6-8(12)17)10(19)9(18)14-3-1-13-2-4-14/h13H,1-6H2,(H2,11,16)(H2,12,17). The van der Waals surface area contributed by atoms with Crippen molar-refractivity contribution >= 4 is 23.6 Å². The highest BCUT2D eigenvalue weighted by molar-refractivity contribution is 6.35. The number of carbonyl (C=O) groups excluding carboxylic acids is 4. The van der Waals surface area contributed by atoms with Crippen LogP contribution in [-0.2, 0) is 19.2 Å². The summed E-state index contributed by atoms with van der Waals surface area (Å²) < 4.78 is 0. The van der Waals surface area contributed by atoms with Gasteiger partial charge in [-0.05, 0) is 0 Å². The fourth-order valence-corrected chi connectivity index (χ4v) is 1.71. The molecule has 5 N–H and O–H groups in total. The van der Waals surface area contributed by atoms with E-state index in [9.17, 15) is 19.2 Å². The van der Waals surface area contributed by atoms with Crippen molar-refractivity contribution in [3.8, 4) is 0 Å². The molecule has 1 fully saturated rings. The van der Waals surface area contributed by atoms with Crippen molar-refractivity contribution < 1.29 is 19.2 Å². The average Bonchev–Trinajstić information content (AvgIpc) is 2.36. The molecule has 0 bridgehead atoms. The fourth-order valence-electron chi connectivity index (χ4n) is 1.71. The molecule has 106 valence electrons. The van der Waals surface area contributed by atoms with E-state index in [2.05, 4.69) is 5.32 Å². The second kappa shape index (κ2) is 6.69. The van der Waals surface area contributed by atoms with Crippen LogP contribution in [0.1, 0.15) is 0 Å². The SMILES string of the molecule is NC(=O)CN(CC(N)=O)C(=O)C(=O)N1CCNCC1. The van der Waals surface area contributed by atoms with Crippen molar-refractivity contribution in [2.75, 3.05) is 39.3 Å².